The van der Waals surface area contributed by atoms with Crippen LogP contribution in [0, 0.1) is 0 Å². The van der Waals surface area contributed by atoms with Crippen molar-refractivity contribution < 1.29 is 4.74 Å². The van der Waals surface area contributed by atoms with E-state index in [1.165, 1.54) is 38.6 Å². The third-order valence-electron chi connectivity index (χ3n) is 3.33. The van der Waals surface area contributed by atoms with E-state index in [0.717, 1.165) is 37.6 Å². The Bertz CT molecular complexity index is 160. The van der Waals surface area contributed by atoms with Gasteiger partial charge in [0.1, 0.15) is 0 Å². The van der Waals surface area contributed by atoms with Gasteiger partial charge in [-0.05, 0) is 19.3 Å². The van der Waals surface area contributed by atoms with E-state index in [1.54, 1.807) is 0 Å². The Morgan fingerprint density at radius 1 is 1.12 bits per heavy atom. The fourth-order valence-corrected chi connectivity index (χ4v) is 2.92. The highest BCUT2D eigenvalue weighted by atomic mass is 79.9. The average Bonchev–Trinajstić information content (AvgIpc) is 2.34. The highest BCUT2D eigenvalue weighted by molar-refractivity contribution is 9.09. The largest absolute Gasteiger partial charge is 0.380 e. The van der Waals surface area contributed by atoms with Gasteiger partial charge in [-0.15, -0.1) is 0 Å². The smallest absolute Gasteiger partial charge is 0.0593 e. The summed E-state index contributed by atoms with van der Waals surface area (Å²) in [6.45, 7) is 6.25. The summed E-state index contributed by atoms with van der Waals surface area (Å²) in [6, 6.07) is 0.816. The van der Waals surface area contributed by atoms with Gasteiger partial charge in [0, 0.05) is 31.1 Å². The van der Waals surface area contributed by atoms with Gasteiger partial charge in [0.2, 0.25) is 0 Å². The zero-order chi connectivity index (χ0) is 11.6. The van der Waals surface area contributed by atoms with Gasteiger partial charge < -0.3 is 4.74 Å². The minimum Gasteiger partial charge on any atom is -0.380 e. The van der Waals surface area contributed by atoms with Crippen molar-refractivity contribution in [3.05, 3.63) is 0 Å². The standard InChI is InChI=1S/C13H26BrNO/c1-2-11-16-12-10-15(9-8-14)13-6-4-3-5-7-13/h13H,2-12H2,1H3. The summed E-state index contributed by atoms with van der Waals surface area (Å²) in [5.74, 6) is 0. The zero-order valence-electron chi connectivity index (χ0n) is 10.6. The summed E-state index contributed by atoms with van der Waals surface area (Å²) in [5, 5.41) is 1.08. The number of rotatable bonds is 8. The van der Waals surface area contributed by atoms with Crippen LogP contribution in [0.3, 0.4) is 0 Å². The van der Waals surface area contributed by atoms with Crippen molar-refractivity contribution in [1.82, 2.24) is 4.90 Å². The van der Waals surface area contributed by atoms with Gasteiger partial charge in [-0.25, -0.2) is 0 Å². The molecule has 0 amide bonds. The van der Waals surface area contributed by atoms with Gasteiger partial charge >= 0.3 is 0 Å². The Morgan fingerprint density at radius 2 is 1.88 bits per heavy atom. The van der Waals surface area contributed by atoms with Crippen LogP contribution in [0.15, 0.2) is 0 Å². The fraction of sp³-hybridized carbons (Fsp3) is 1.00. The Kier molecular flexibility index (Phi) is 8.52. The first-order chi connectivity index (χ1) is 7.88. The first kappa shape index (κ1) is 14.5. The molecule has 0 aromatic rings. The van der Waals surface area contributed by atoms with Crippen LogP contribution in [0.1, 0.15) is 45.4 Å². The topological polar surface area (TPSA) is 12.5 Å². The van der Waals surface area contributed by atoms with Crippen LogP contribution >= 0.6 is 15.9 Å². The number of hydrogen-bond donors (Lipinski definition) is 0. The molecule has 1 aliphatic rings. The summed E-state index contributed by atoms with van der Waals surface area (Å²) >= 11 is 3.56. The van der Waals surface area contributed by atoms with Crippen LogP contribution in [0.5, 0.6) is 0 Å². The maximum atomic E-state index is 5.59. The van der Waals surface area contributed by atoms with Crippen LogP contribution < -0.4 is 0 Å². The Balaban J connectivity index is 2.22. The van der Waals surface area contributed by atoms with Crippen molar-refractivity contribution in [3.63, 3.8) is 0 Å². The van der Waals surface area contributed by atoms with E-state index in [-0.39, 0.29) is 0 Å². The molecule has 1 rings (SSSR count). The van der Waals surface area contributed by atoms with Crippen molar-refractivity contribution in [2.24, 2.45) is 0 Å². The summed E-state index contributed by atoms with van der Waals surface area (Å²) in [7, 11) is 0. The molecule has 2 nitrogen and oxygen atoms in total. The van der Waals surface area contributed by atoms with Crippen LogP contribution in [0.4, 0.5) is 0 Å². The molecule has 0 spiro atoms. The SMILES string of the molecule is CCCOCCN(CCBr)C1CCCCC1. The second kappa shape index (κ2) is 9.43. The lowest BCUT2D eigenvalue weighted by atomic mass is 9.94. The van der Waals surface area contributed by atoms with Gasteiger partial charge in [-0.3, -0.25) is 4.90 Å². The summed E-state index contributed by atoms with van der Waals surface area (Å²) < 4.78 is 5.59. The lowest BCUT2D eigenvalue weighted by molar-refractivity contribution is 0.0802. The molecular formula is C13H26BrNO. The molecule has 0 radical (unpaired) electrons. The second-order valence-electron chi connectivity index (χ2n) is 4.63. The van der Waals surface area contributed by atoms with E-state index in [0.29, 0.717) is 0 Å². The molecule has 0 unspecified atom stereocenters. The quantitative estimate of drug-likeness (QED) is 0.502. The van der Waals surface area contributed by atoms with Gasteiger partial charge in [0.15, 0.2) is 0 Å². The number of nitrogens with zero attached hydrogens (tertiary/aromatic N) is 1. The van der Waals surface area contributed by atoms with E-state index in [9.17, 15) is 0 Å². The molecule has 0 N–H and O–H groups in total. The molecule has 0 aliphatic heterocycles. The molecule has 1 saturated carbocycles. The third kappa shape index (κ3) is 5.65. The minimum absolute atomic E-state index is 0.816. The monoisotopic (exact) mass is 291 g/mol. The molecule has 16 heavy (non-hydrogen) atoms. The molecule has 0 heterocycles. The average molecular weight is 292 g/mol. The third-order valence-corrected chi connectivity index (χ3v) is 3.69. The van der Waals surface area contributed by atoms with E-state index >= 15 is 0 Å². The summed E-state index contributed by atoms with van der Waals surface area (Å²) in [6.07, 6.45) is 8.17. The second-order valence-corrected chi connectivity index (χ2v) is 5.42. The highest BCUT2D eigenvalue weighted by Gasteiger charge is 2.19. The van der Waals surface area contributed by atoms with Crippen LogP contribution in [-0.2, 0) is 4.74 Å². The number of alkyl halides is 1. The number of halogens is 1. The van der Waals surface area contributed by atoms with Gasteiger partial charge in [-0.1, -0.05) is 42.1 Å². The lowest BCUT2D eigenvalue weighted by Crippen LogP contribution is -2.40. The summed E-state index contributed by atoms with van der Waals surface area (Å²) in [4.78, 5) is 2.61. The van der Waals surface area contributed by atoms with Gasteiger partial charge in [0.25, 0.3) is 0 Å². The molecule has 0 bridgehead atoms. The maximum Gasteiger partial charge on any atom is 0.0593 e. The van der Waals surface area contributed by atoms with Crippen LogP contribution in [0.2, 0.25) is 0 Å². The molecule has 1 aliphatic carbocycles. The Morgan fingerprint density at radius 3 is 2.50 bits per heavy atom. The number of hydrogen-bond acceptors (Lipinski definition) is 2. The number of ether oxygens (including phenoxy) is 1. The normalized spacial score (nSPS) is 18.2. The molecule has 3 heteroatoms. The first-order valence-corrected chi connectivity index (χ1v) is 7.88. The first-order valence-electron chi connectivity index (χ1n) is 6.76. The van der Waals surface area contributed by atoms with E-state index in [4.69, 9.17) is 4.74 Å². The molecular weight excluding hydrogens is 266 g/mol. The molecule has 96 valence electrons. The van der Waals surface area contributed by atoms with Crippen molar-refractivity contribution in [3.8, 4) is 0 Å². The van der Waals surface area contributed by atoms with E-state index < -0.39 is 0 Å². The Hall–Kier alpha value is 0.400. The van der Waals surface area contributed by atoms with E-state index in [2.05, 4.69) is 27.8 Å². The molecule has 1 fully saturated rings. The van der Waals surface area contributed by atoms with Crippen LogP contribution in [0.25, 0.3) is 0 Å². The van der Waals surface area contributed by atoms with E-state index in [1.807, 2.05) is 0 Å². The van der Waals surface area contributed by atoms with Crippen molar-refractivity contribution in [2.45, 2.75) is 51.5 Å². The highest BCUT2D eigenvalue weighted by Crippen LogP contribution is 2.22. The minimum atomic E-state index is 0.816. The predicted octanol–water partition coefficient (Wildman–Crippen LogP) is 3.44. The molecule has 0 atom stereocenters. The molecule has 0 aromatic carbocycles. The fourth-order valence-electron chi connectivity index (χ4n) is 2.46. The molecule has 0 aromatic heterocycles. The van der Waals surface area contributed by atoms with Crippen molar-refractivity contribution in [1.29, 1.82) is 0 Å². The van der Waals surface area contributed by atoms with Crippen LogP contribution in [-0.4, -0.2) is 42.6 Å². The zero-order valence-corrected chi connectivity index (χ0v) is 12.2. The molecule has 0 saturated heterocycles. The van der Waals surface area contributed by atoms with Crippen molar-refractivity contribution in [2.75, 3.05) is 31.6 Å². The lowest BCUT2D eigenvalue weighted by Gasteiger charge is -2.33. The van der Waals surface area contributed by atoms with Crippen molar-refractivity contribution >= 4 is 15.9 Å². The van der Waals surface area contributed by atoms with Gasteiger partial charge in [-0.2, -0.15) is 0 Å². The maximum absolute atomic E-state index is 5.59. The predicted molar refractivity (Wildman–Crippen MR) is 73.4 cm³/mol. The summed E-state index contributed by atoms with van der Waals surface area (Å²) in [5.41, 5.74) is 0. The Labute approximate surface area is 109 Å². The van der Waals surface area contributed by atoms with Gasteiger partial charge in [0.05, 0.1) is 6.61 Å².